The number of aromatic nitrogens is 2. The fourth-order valence-electron chi connectivity index (χ4n) is 6.36. The zero-order valence-corrected chi connectivity index (χ0v) is 23.2. The molecule has 3 nitrogen and oxygen atoms in total. The van der Waals surface area contributed by atoms with Crippen molar-refractivity contribution >= 4 is 54.5 Å². The molecule has 0 spiro atoms. The molecule has 9 rings (SSSR count). The van der Waals surface area contributed by atoms with Gasteiger partial charge in [0.1, 0.15) is 11.2 Å². The van der Waals surface area contributed by atoms with E-state index in [0.29, 0.717) is 0 Å². The van der Waals surface area contributed by atoms with Crippen LogP contribution in [0.1, 0.15) is 0 Å². The van der Waals surface area contributed by atoms with Gasteiger partial charge in [0.15, 0.2) is 0 Å². The number of rotatable bonds is 3. The van der Waals surface area contributed by atoms with E-state index >= 15 is 0 Å². The monoisotopic (exact) mass is 548 g/mol. The highest BCUT2D eigenvalue weighted by Crippen LogP contribution is 2.38. The van der Waals surface area contributed by atoms with Crippen molar-refractivity contribution in [2.24, 2.45) is 0 Å². The lowest BCUT2D eigenvalue weighted by Crippen LogP contribution is -1.92. The molecule has 43 heavy (non-hydrogen) atoms. The number of hydrogen-bond acceptors (Lipinski definition) is 3. The summed E-state index contributed by atoms with van der Waals surface area (Å²) in [4.78, 5) is 10.4. The van der Waals surface area contributed by atoms with E-state index in [-0.39, 0.29) is 0 Å². The van der Waals surface area contributed by atoms with Gasteiger partial charge in [-0.1, -0.05) is 115 Å². The number of furan rings is 1. The Kier molecular flexibility index (Phi) is 5.20. The molecule has 0 N–H and O–H groups in total. The van der Waals surface area contributed by atoms with E-state index in [0.717, 1.165) is 71.8 Å². The number of pyridine rings is 2. The molecule has 0 radical (unpaired) electrons. The Balaban J connectivity index is 1.22. The molecular formula is C40H24N2O. The Morgan fingerprint density at radius 1 is 0.372 bits per heavy atom. The van der Waals surface area contributed by atoms with Gasteiger partial charge >= 0.3 is 0 Å². The second kappa shape index (κ2) is 9.37. The van der Waals surface area contributed by atoms with Crippen molar-refractivity contribution in [3.8, 4) is 33.6 Å². The third-order valence-electron chi connectivity index (χ3n) is 8.48. The quantitative estimate of drug-likeness (QED) is 0.206. The van der Waals surface area contributed by atoms with Crippen LogP contribution in [-0.2, 0) is 0 Å². The molecule has 200 valence electrons. The van der Waals surface area contributed by atoms with E-state index in [2.05, 4.69) is 115 Å². The first-order valence-corrected chi connectivity index (χ1v) is 14.5. The molecular weight excluding hydrogens is 524 g/mol. The Morgan fingerprint density at radius 2 is 0.953 bits per heavy atom. The normalized spacial score (nSPS) is 11.7. The van der Waals surface area contributed by atoms with Crippen LogP contribution in [0.15, 0.2) is 150 Å². The minimum atomic E-state index is 0.905. The molecule has 0 aliphatic rings. The first kappa shape index (κ1) is 23.9. The molecule has 9 aromatic rings. The van der Waals surface area contributed by atoms with Gasteiger partial charge in [0, 0.05) is 32.7 Å². The van der Waals surface area contributed by atoms with E-state index in [1.54, 1.807) is 0 Å². The number of benzene rings is 6. The smallest absolute Gasteiger partial charge is 0.135 e. The van der Waals surface area contributed by atoms with Gasteiger partial charge in [0.05, 0.1) is 22.4 Å². The predicted molar refractivity (Wildman–Crippen MR) is 178 cm³/mol. The molecule has 0 saturated carbocycles. The van der Waals surface area contributed by atoms with Crippen LogP contribution in [0.5, 0.6) is 0 Å². The molecule has 0 aliphatic carbocycles. The van der Waals surface area contributed by atoms with Crippen LogP contribution in [0, 0.1) is 0 Å². The van der Waals surface area contributed by atoms with Crippen molar-refractivity contribution in [1.82, 2.24) is 9.97 Å². The molecule has 0 fully saturated rings. The fraction of sp³-hybridized carbons (Fsp3) is 0. The van der Waals surface area contributed by atoms with Gasteiger partial charge in [-0.05, 0) is 52.2 Å². The van der Waals surface area contributed by atoms with Gasteiger partial charge in [-0.25, -0.2) is 9.97 Å². The summed E-state index contributed by atoms with van der Waals surface area (Å²) in [6, 6.07) is 50.8. The van der Waals surface area contributed by atoms with Crippen LogP contribution in [-0.4, -0.2) is 9.97 Å². The van der Waals surface area contributed by atoms with E-state index in [1.165, 1.54) is 16.3 Å². The Hall–Kier alpha value is -5.80. The molecule has 3 aromatic heterocycles. The Bertz CT molecular complexity index is 2510. The second-order valence-electron chi connectivity index (χ2n) is 11.0. The molecule has 0 atom stereocenters. The van der Waals surface area contributed by atoms with E-state index in [1.807, 2.05) is 30.3 Å². The third kappa shape index (κ3) is 3.83. The molecule has 0 saturated heterocycles. The highest BCUT2D eigenvalue weighted by atomic mass is 16.3. The topological polar surface area (TPSA) is 38.9 Å². The first-order chi connectivity index (χ1) is 21.3. The van der Waals surface area contributed by atoms with Crippen LogP contribution in [0.3, 0.4) is 0 Å². The van der Waals surface area contributed by atoms with Crippen molar-refractivity contribution in [2.45, 2.75) is 0 Å². The first-order valence-electron chi connectivity index (χ1n) is 14.5. The zero-order chi connectivity index (χ0) is 28.3. The van der Waals surface area contributed by atoms with Gasteiger partial charge in [-0.3, -0.25) is 0 Å². The average molecular weight is 549 g/mol. The second-order valence-corrected chi connectivity index (χ2v) is 11.0. The summed E-state index contributed by atoms with van der Waals surface area (Å²) < 4.78 is 6.09. The average Bonchev–Trinajstić information content (AvgIpc) is 3.46. The van der Waals surface area contributed by atoms with Crippen LogP contribution in [0.4, 0.5) is 0 Å². The summed E-state index contributed by atoms with van der Waals surface area (Å²) in [7, 11) is 0. The lowest BCUT2D eigenvalue weighted by atomic mass is 9.93. The van der Waals surface area contributed by atoms with Gasteiger partial charge < -0.3 is 4.42 Å². The van der Waals surface area contributed by atoms with Gasteiger partial charge in [0.2, 0.25) is 0 Å². The minimum Gasteiger partial charge on any atom is -0.456 e. The Labute approximate surface area is 247 Å². The fourth-order valence-corrected chi connectivity index (χ4v) is 6.36. The van der Waals surface area contributed by atoms with Crippen molar-refractivity contribution in [2.75, 3.05) is 0 Å². The molecule has 0 aliphatic heterocycles. The maximum Gasteiger partial charge on any atom is 0.135 e. The van der Waals surface area contributed by atoms with E-state index in [4.69, 9.17) is 14.4 Å². The van der Waals surface area contributed by atoms with Gasteiger partial charge in [-0.15, -0.1) is 0 Å². The molecule has 0 unspecified atom stereocenters. The molecule has 3 heterocycles. The maximum atomic E-state index is 6.09. The minimum absolute atomic E-state index is 0.905. The standard InChI is InChI=1S/C40H24N2O/c1-2-8-25(9-3-1)35-21-16-26-14-15-27-17-22-36(42-40(27)39(26)41-35)32-20-19-29(30-10-4-5-11-31(30)32)28-18-23-38-34(24-28)33-12-6-7-13-37(33)43-38/h1-24H. The highest BCUT2D eigenvalue weighted by Gasteiger charge is 2.14. The summed E-state index contributed by atoms with van der Waals surface area (Å²) in [6.45, 7) is 0. The number of nitrogens with zero attached hydrogens (tertiary/aromatic N) is 2. The summed E-state index contributed by atoms with van der Waals surface area (Å²) in [5.41, 5.74) is 10.1. The summed E-state index contributed by atoms with van der Waals surface area (Å²) in [6.07, 6.45) is 0. The van der Waals surface area contributed by atoms with Gasteiger partial charge in [0.25, 0.3) is 0 Å². The van der Waals surface area contributed by atoms with Crippen LogP contribution in [0.2, 0.25) is 0 Å². The molecule has 6 aromatic carbocycles. The summed E-state index contributed by atoms with van der Waals surface area (Å²) in [5.74, 6) is 0. The lowest BCUT2D eigenvalue weighted by Gasteiger charge is -2.13. The molecule has 3 heteroatoms. The summed E-state index contributed by atoms with van der Waals surface area (Å²) >= 11 is 0. The Morgan fingerprint density at radius 3 is 1.74 bits per heavy atom. The SMILES string of the molecule is c1ccc(-c2ccc3ccc4ccc(-c5ccc(-c6ccc7oc8ccccc8c7c6)c6ccccc56)nc4c3n2)cc1. The van der Waals surface area contributed by atoms with E-state index < -0.39 is 0 Å². The number of hydrogen-bond donors (Lipinski definition) is 0. The van der Waals surface area contributed by atoms with E-state index in [9.17, 15) is 0 Å². The number of para-hydroxylation sites is 1. The van der Waals surface area contributed by atoms with Crippen molar-refractivity contribution in [3.05, 3.63) is 146 Å². The highest BCUT2D eigenvalue weighted by molar-refractivity contribution is 6.10. The van der Waals surface area contributed by atoms with Crippen molar-refractivity contribution < 1.29 is 4.42 Å². The zero-order valence-electron chi connectivity index (χ0n) is 23.2. The van der Waals surface area contributed by atoms with Crippen LogP contribution < -0.4 is 0 Å². The van der Waals surface area contributed by atoms with Crippen molar-refractivity contribution in [3.63, 3.8) is 0 Å². The predicted octanol–water partition coefficient (Wildman–Crippen LogP) is 10.8. The van der Waals surface area contributed by atoms with Crippen molar-refractivity contribution in [1.29, 1.82) is 0 Å². The lowest BCUT2D eigenvalue weighted by molar-refractivity contribution is 0.669. The summed E-state index contributed by atoms with van der Waals surface area (Å²) in [5, 5.41) is 6.79. The largest absolute Gasteiger partial charge is 0.456 e. The molecule has 0 bridgehead atoms. The number of fused-ring (bicyclic) bond motifs is 7. The van der Waals surface area contributed by atoms with Crippen LogP contribution in [0.25, 0.3) is 88.2 Å². The third-order valence-corrected chi connectivity index (χ3v) is 8.48. The van der Waals surface area contributed by atoms with Crippen LogP contribution >= 0.6 is 0 Å². The van der Waals surface area contributed by atoms with Gasteiger partial charge in [-0.2, -0.15) is 0 Å². The maximum absolute atomic E-state index is 6.09. The molecule has 0 amide bonds.